The molecular weight excluding hydrogens is 206 g/mol. The van der Waals surface area contributed by atoms with Gasteiger partial charge in [-0.2, -0.15) is 0 Å². The highest BCUT2D eigenvalue weighted by molar-refractivity contribution is 5.21. The van der Waals surface area contributed by atoms with Gasteiger partial charge in [0, 0.05) is 6.54 Å². The molecule has 0 unspecified atom stereocenters. The molecule has 0 saturated carbocycles. The number of rotatable bonds is 3. The van der Waals surface area contributed by atoms with E-state index in [0.29, 0.717) is 0 Å². The summed E-state index contributed by atoms with van der Waals surface area (Å²) in [5.41, 5.74) is 2.84. The summed E-state index contributed by atoms with van der Waals surface area (Å²) < 4.78 is 0. The Labute approximate surface area is 107 Å². The zero-order valence-corrected chi connectivity index (χ0v) is 11.7. The van der Waals surface area contributed by atoms with Crippen molar-refractivity contribution in [2.45, 2.75) is 46.5 Å². The highest BCUT2D eigenvalue weighted by Crippen LogP contribution is 2.10. The van der Waals surface area contributed by atoms with Gasteiger partial charge in [0.2, 0.25) is 0 Å². The summed E-state index contributed by atoms with van der Waals surface area (Å²) in [7, 11) is 0. The predicted molar refractivity (Wildman–Crippen MR) is 76.5 cm³/mol. The molecule has 1 aromatic carbocycles. The minimum atomic E-state index is 1.21. The first-order chi connectivity index (χ1) is 8.34. The third kappa shape index (κ3) is 5.36. The Morgan fingerprint density at radius 1 is 0.941 bits per heavy atom. The molecule has 1 saturated heterocycles. The molecule has 0 amide bonds. The molecule has 96 valence electrons. The second-order valence-corrected chi connectivity index (χ2v) is 4.64. The summed E-state index contributed by atoms with van der Waals surface area (Å²) >= 11 is 0. The van der Waals surface area contributed by atoms with E-state index in [1.54, 1.807) is 0 Å². The van der Waals surface area contributed by atoms with Gasteiger partial charge in [-0.15, -0.1) is 0 Å². The van der Waals surface area contributed by atoms with Crippen molar-refractivity contribution in [1.29, 1.82) is 0 Å². The van der Waals surface area contributed by atoms with Crippen molar-refractivity contribution in [2.75, 3.05) is 19.6 Å². The van der Waals surface area contributed by atoms with Crippen molar-refractivity contribution in [3.63, 3.8) is 0 Å². The molecule has 1 aliphatic heterocycles. The van der Waals surface area contributed by atoms with E-state index < -0.39 is 0 Å². The van der Waals surface area contributed by atoms with Gasteiger partial charge in [0.1, 0.15) is 0 Å². The van der Waals surface area contributed by atoms with Crippen LogP contribution < -0.4 is 0 Å². The maximum absolute atomic E-state index is 2.60. The molecule has 1 heterocycles. The lowest BCUT2D eigenvalue weighted by Crippen LogP contribution is -2.31. The number of benzene rings is 1. The third-order valence-electron chi connectivity index (χ3n) is 3.29. The first-order valence-corrected chi connectivity index (χ1v) is 7.12. The first kappa shape index (κ1) is 14.2. The summed E-state index contributed by atoms with van der Waals surface area (Å²) in [6.45, 7) is 10.0. The monoisotopic (exact) mass is 233 g/mol. The fourth-order valence-corrected chi connectivity index (χ4v) is 2.22. The van der Waals surface area contributed by atoms with E-state index >= 15 is 0 Å². The van der Waals surface area contributed by atoms with Crippen LogP contribution in [0.2, 0.25) is 0 Å². The molecule has 0 bridgehead atoms. The lowest BCUT2D eigenvalue weighted by Gasteiger charge is -2.26. The molecule has 1 heteroatoms. The SMILES string of the molecule is CC.Cc1ccc(CCN2CCCCC2)cc1. The second-order valence-electron chi connectivity index (χ2n) is 4.64. The van der Waals surface area contributed by atoms with Crippen molar-refractivity contribution in [3.05, 3.63) is 35.4 Å². The molecule has 0 aliphatic carbocycles. The van der Waals surface area contributed by atoms with E-state index in [0.717, 1.165) is 0 Å². The van der Waals surface area contributed by atoms with E-state index in [4.69, 9.17) is 0 Å². The normalized spacial score (nSPS) is 16.2. The lowest BCUT2D eigenvalue weighted by molar-refractivity contribution is 0.231. The maximum atomic E-state index is 2.60. The Bertz CT molecular complexity index is 283. The van der Waals surface area contributed by atoms with Crippen LogP contribution in [0.1, 0.15) is 44.2 Å². The molecule has 1 aromatic rings. The van der Waals surface area contributed by atoms with Crippen LogP contribution in [0.5, 0.6) is 0 Å². The Kier molecular flexibility index (Phi) is 6.95. The van der Waals surface area contributed by atoms with E-state index in [2.05, 4.69) is 36.1 Å². The van der Waals surface area contributed by atoms with Gasteiger partial charge in [0.25, 0.3) is 0 Å². The second kappa shape index (κ2) is 8.30. The van der Waals surface area contributed by atoms with Gasteiger partial charge in [-0.1, -0.05) is 50.1 Å². The molecule has 1 aliphatic rings. The van der Waals surface area contributed by atoms with E-state index in [1.165, 1.54) is 56.4 Å². The summed E-state index contributed by atoms with van der Waals surface area (Å²) in [4.78, 5) is 2.60. The first-order valence-electron chi connectivity index (χ1n) is 7.12. The fourth-order valence-electron chi connectivity index (χ4n) is 2.22. The average molecular weight is 233 g/mol. The van der Waals surface area contributed by atoms with E-state index in [1.807, 2.05) is 13.8 Å². The van der Waals surface area contributed by atoms with Gasteiger partial charge in [0.15, 0.2) is 0 Å². The van der Waals surface area contributed by atoms with Crippen LogP contribution >= 0.6 is 0 Å². The fraction of sp³-hybridized carbons (Fsp3) is 0.625. The van der Waals surface area contributed by atoms with Crippen LogP contribution in [0.3, 0.4) is 0 Å². The van der Waals surface area contributed by atoms with Crippen molar-refractivity contribution in [1.82, 2.24) is 4.90 Å². The smallest absolute Gasteiger partial charge is 0.00218 e. The zero-order chi connectivity index (χ0) is 12.5. The van der Waals surface area contributed by atoms with Gasteiger partial charge >= 0.3 is 0 Å². The van der Waals surface area contributed by atoms with Gasteiger partial charge in [-0.05, 0) is 44.8 Å². The molecule has 0 aromatic heterocycles. The molecule has 2 rings (SSSR count). The Morgan fingerprint density at radius 3 is 2.12 bits per heavy atom. The molecule has 17 heavy (non-hydrogen) atoms. The van der Waals surface area contributed by atoms with Crippen LogP contribution in [-0.2, 0) is 6.42 Å². The standard InChI is InChI=1S/C14H21N.C2H6/c1-13-5-7-14(8-6-13)9-12-15-10-3-2-4-11-15;1-2/h5-8H,2-4,9-12H2,1H3;1-2H3. The number of hydrogen-bond acceptors (Lipinski definition) is 1. The minimum absolute atomic E-state index is 1.21. The molecule has 0 radical (unpaired) electrons. The lowest BCUT2D eigenvalue weighted by atomic mass is 10.1. The van der Waals surface area contributed by atoms with Crippen LogP contribution in [-0.4, -0.2) is 24.5 Å². The van der Waals surface area contributed by atoms with Crippen LogP contribution in [0, 0.1) is 6.92 Å². The van der Waals surface area contributed by atoms with E-state index in [-0.39, 0.29) is 0 Å². The average Bonchev–Trinajstić information content (AvgIpc) is 2.42. The van der Waals surface area contributed by atoms with Crippen molar-refractivity contribution >= 4 is 0 Å². The van der Waals surface area contributed by atoms with Gasteiger partial charge in [0.05, 0.1) is 0 Å². The van der Waals surface area contributed by atoms with Gasteiger partial charge in [-0.3, -0.25) is 0 Å². The predicted octanol–water partition coefficient (Wildman–Crippen LogP) is 4.05. The van der Waals surface area contributed by atoms with Gasteiger partial charge in [-0.25, -0.2) is 0 Å². The highest BCUT2D eigenvalue weighted by atomic mass is 15.1. The third-order valence-corrected chi connectivity index (χ3v) is 3.29. The molecule has 0 atom stereocenters. The van der Waals surface area contributed by atoms with Crippen molar-refractivity contribution < 1.29 is 0 Å². The van der Waals surface area contributed by atoms with Crippen LogP contribution in [0.15, 0.2) is 24.3 Å². The summed E-state index contributed by atoms with van der Waals surface area (Å²) in [5, 5.41) is 0. The summed E-state index contributed by atoms with van der Waals surface area (Å²) in [6, 6.07) is 8.95. The van der Waals surface area contributed by atoms with Crippen LogP contribution in [0.4, 0.5) is 0 Å². The molecule has 0 N–H and O–H groups in total. The number of hydrogen-bond donors (Lipinski definition) is 0. The minimum Gasteiger partial charge on any atom is -0.303 e. The van der Waals surface area contributed by atoms with Gasteiger partial charge < -0.3 is 4.90 Å². The Hall–Kier alpha value is -0.820. The molecular formula is C16H27N. The van der Waals surface area contributed by atoms with E-state index in [9.17, 15) is 0 Å². The largest absolute Gasteiger partial charge is 0.303 e. The molecule has 1 fully saturated rings. The zero-order valence-electron chi connectivity index (χ0n) is 11.7. The number of aryl methyl sites for hydroxylation is 1. The topological polar surface area (TPSA) is 3.24 Å². The van der Waals surface area contributed by atoms with Crippen molar-refractivity contribution in [2.24, 2.45) is 0 Å². The number of likely N-dealkylation sites (tertiary alicyclic amines) is 1. The Morgan fingerprint density at radius 2 is 1.53 bits per heavy atom. The number of nitrogens with zero attached hydrogens (tertiary/aromatic N) is 1. The van der Waals surface area contributed by atoms with Crippen molar-refractivity contribution in [3.8, 4) is 0 Å². The summed E-state index contributed by atoms with van der Waals surface area (Å²) in [5.74, 6) is 0. The highest BCUT2D eigenvalue weighted by Gasteiger charge is 2.09. The van der Waals surface area contributed by atoms with Crippen LogP contribution in [0.25, 0.3) is 0 Å². The molecule has 1 nitrogen and oxygen atoms in total. The maximum Gasteiger partial charge on any atom is 0.00218 e. The number of piperidine rings is 1. The Balaban J connectivity index is 0.000000686. The summed E-state index contributed by atoms with van der Waals surface area (Å²) in [6.07, 6.45) is 5.43. The molecule has 0 spiro atoms. The quantitative estimate of drug-likeness (QED) is 0.761.